The number of carbonyl (C=O) groups excluding carboxylic acids is 1. The number of nitrogens with two attached hydrogens (primary N) is 1. The molecule has 0 aromatic carbocycles. The second kappa shape index (κ2) is 7.07. The minimum atomic E-state index is -0.982. The molecule has 0 aromatic rings. The third kappa shape index (κ3) is 4.92. The Morgan fingerprint density at radius 1 is 1.50 bits per heavy atom. The predicted octanol–water partition coefficient (Wildman–Crippen LogP) is 1.10. The summed E-state index contributed by atoms with van der Waals surface area (Å²) in [5, 5.41) is 0. The zero-order valence-electron chi connectivity index (χ0n) is 11.6. The van der Waals surface area contributed by atoms with Crippen LogP contribution in [0.4, 0.5) is 0 Å². The van der Waals surface area contributed by atoms with Crippen molar-refractivity contribution in [3.05, 3.63) is 0 Å². The van der Waals surface area contributed by atoms with Crippen LogP contribution in [0.5, 0.6) is 0 Å². The summed E-state index contributed by atoms with van der Waals surface area (Å²) < 4.78 is 15.7. The molecule has 0 bridgehead atoms. The molecule has 1 aliphatic heterocycles. The molecule has 1 fully saturated rings. The lowest BCUT2D eigenvalue weighted by atomic mass is 9.96. The van der Waals surface area contributed by atoms with Gasteiger partial charge < -0.3 is 19.9 Å². The molecule has 0 amide bonds. The quantitative estimate of drug-likeness (QED) is 0.723. The van der Waals surface area contributed by atoms with Gasteiger partial charge in [0.25, 0.3) is 0 Å². The largest absolute Gasteiger partial charge is 0.468 e. The maximum absolute atomic E-state index is 11.5. The smallest absolute Gasteiger partial charge is 0.325 e. The Morgan fingerprint density at radius 2 is 2.11 bits per heavy atom. The number of rotatable bonds is 6. The zero-order valence-corrected chi connectivity index (χ0v) is 11.6. The molecule has 0 aliphatic carbocycles. The van der Waals surface area contributed by atoms with Gasteiger partial charge in [-0.05, 0) is 32.6 Å². The Bertz CT molecular complexity index is 262. The third-order valence-electron chi connectivity index (χ3n) is 3.32. The molecule has 0 aromatic heterocycles. The van der Waals surface area contributed by atoms with E-state index >= 15 is 0 Å². The van der Waals surface area contributed by atoms with E-state index in [1.54, 1.807) is 6.92 Å². The molecular formula is C13H25NO4. The van der Waals surface area contributed by atoms with Crippen LogP contribution in [0.2, 0.25) is 0 Å². The molecule has 2 unspecified atom stereocenters. The summed E-state index contributed by atoms with van der Waals surface area (Å²) in [4.78, 5) is 11.5. The van der Waals surface area contributed by atoms with Gasteiger partial charge in [0.1, 0.15) is 5.54 Å². The average molecular weight is 259 g/mol. The highest BCUT2D eigenvalue weighted by Gasteiger charge is 2.31. The molecule has 106 valence electrons. The molecule has 5 nitrogen and oxygen atoms in total. The van der Waals surface area contributed by atoms with Gasteiger partial charge in [-0.25, -0.2) is 0 Å². The minimum absolute atomic E-state index is 0.0538. The fraction of sp³-hybridized carbons (Fsp3) is 0.923. The van der Waals surface area contributed by atoms with E-state index in [9.17, 15) is 4.79 Å². The van der Waals surface area contributed by atoms with Crippen molar-refractivity contribution in [1.29, 1.82) is 0 Å². The summed E-state index contributed by atoms with van der Waals surface area (Å²) in [5.41, 5.74) is 4.92. The van der Waals surface area contributed by atoms with Gasteiger partial charge >= 0.3 is 5.97 Å². The first kappa shape index (κ1) is 15.4. The van der Waals surface area contributed by atoms with E-state index in [2.05, 4.69) is 4.74 Å². The van der Waals surface area contributed by atoms with Crippen molar-refractivity contribution in [1.82, 2.24) is 0 Å². The highest BCUT2D eigenvalue weighted by molar-refractivity contribution is 5.79. The molecule has 1 saturated heterocycles. The van der Waals surface area contributed by atoms with Crippen molar-refractivity contribution in [3.8, 4) is 0 Å². The summed E-state index contributed by atoms with van der Waals surface area (Å²) in [6.45, 7) is 5.96. The first-order chi connectivity index (χ1) is 8.45. The van der Waals surface area contributed by atoms with Crippen LogP contribution in [0, 0.1) is 5.92 Å². The van der Waals surface area contributed by atoms with E-state index in [0.29, 0.717) is 18.9 Å². The second-order valence-electron chi connectivity index (χ2n) is 5.31. The number of hydrogen-bond donors (Lipinski definition) is 1. The molecule has 2 N–H and O–H groups in total. The SMILES string of the molecule is COC(=O)C(C)(N)CC(C)OCC1CCOCC1. The van der Waals surface area contributed by atoms with E-state index in [-0.39, 0.29) is 6.10 Å². The van der Waals surface area contributed by atoms with Gasteiger partial charge in [-0.2, -0.15) is 0 Å². The Labute approximate surface area is 109 Å². The lowest BCUT2D eigenvalue weighted by molar-refractivity contribution is -0.148. The lowest BCUT2D eigenvalue weighted by Gasteiger charge is -2.27. The monoisotopic (exact) mass is 259 g/mol. The maximum atomic E-state index is 11.5. The standard InChI is InChI=1S/C13H25NO4/c1-10(8-13(2,14)12(15)16-3)18-9-11-4-6-17-7-5-11/h10-11H,4-9,14H2,1-3H3. The number of hydrogen-bond acceptors (Lipinski definition) is 5. The zero-order chi connectivity index (χ0) is 13.6. The Morgan fingerprint density at radius 3 is 2.67 bits per heavy atom. The molecule has 1 aliphatic rings. The number of ether oxygens (including phenoxy) is 3. The summed E-state index contributed by atoms with van der Waals surface area (Å²) in [7, 11) is 1.35. The maximum Gasteiger partial charge on any atom is 0.325 e. The molecule has 2 atom stereocenters. The van der Waals surface area contributed by atoms with E-state index < -0.39 is 11.5 Å². The molecule has 1 heterocycles. The van der Waals surface area contributed by atoms with Crippen molar-refractivity contribution in [2.24, 2.45) is 11.7 Å². The first-order valence-electron chi connectivity index (χ1n) is 6.52. The Balaban J connectivity index is 2.27. The van der Waals surface area contributed by atoms with E-state index in [4.69, 9.17) is 15.2 Å². The fourth-order valence-corrected chi connectivity index (χ4v) is 2.19. The van der Waals surface area contributed by atoms with Crippen molar-refractivity contribution < 1.29 is 19.0 Å². The molecular weight excluding hydrogens is 234 g/mol. The summed E-state index contributed by atoms with van der Waals surface area (Å²) in [6, 6.07) is 0. The van der Waals surface area contributed by atoms with Crippen LogP contribution in [0.1, 0.15) is 33.1 Å². The van der Waals surface area contributed by atoms with E-state index in [1.165, 1.54) is 7.11 Å². The molecule has 0 radical (unpaired) electrons. The van der Waals surface area contributed by atoms with Gasteiger partial charge in [0.05, 0.1) is 13.2 Å². The van der Waals surface area contributed by atoms with Gasteiger partial charge in [-0.3, -0.25) is 4.79 Å². The van der Waals surface area contributed by atoms with E-state index in [1.807, 2.05) is 6.92 Å². The van der Waals surface area contributed by atoms with Crippen LogP contribution in [-0.4, -0.2) is 44.5 Å². The molecule has 5 heteroatoms. The van der Waals surface area contributed by atoms with Gasteiger partial charge in [0.15, 0.2) is 0 Å². The third-order valence-corrected chi connectivity index (χ3v) is 3.32. The van der Waals surface area contributed by atoms with Crippen molar-refractivity contribution in [2.75, 3.05) is 26.9 Å². The van der Waals surface area contributed by atoms with Crippen molar-refractivity contribution in [2.45, 2.75) is 44.8 Å². The highest BCUT2D eigenvalue weighted by Crippen LogP contribution is 2.18. The topological polar surface area (TPSA) is 70.8 Å². The van der Waals surface area contributed by atoms with Crippen molar-refractivity contribution >= 4 is 5.97 Å². The van der Waals surface area contributed by atoms with Crippen LogP contribution in [-0.2, 0) is 19.0 Å². The number of methoxy groups -OCH3 is 1. The van der Waals surface area contributed by atoms with Crippen LogP contribution >= 0.6 is 0 Å². The summed E-state index contributed by atoms with van der Waals surface area (Å²) in [5.74, 6) is 0.160. The summed E-state index contributed by atoms with van der Waals surface area (Å²) >= 11 is 0. The summed E-state index contributed by atoms with van der Waals surface area (Å²) in [6.07, 6.45) is 2.50. The normalized spacial score (nSPS) is 22.2. The van der Waals surface area contributed by atoms with Crippen LogP contribution in [0.3, 0.4) is 0 Å². The van der Waals surface area contributed by atoms with Gasteiger partial charge in [0, 0.05) is 26.2 Å². The number of carbonyl (C=O) groups is 1. The Kier molecular flexibility index (Phi) is 6.05. The van der Waals surface area contributed by atoms with Crippen molar-refractivity contribution in [3.63, 3.8) is 0 Å². The lowest BCUT2D eigenvalue weighted by Crippen LogP contribution is -2.48. The predicted molar refractivity (Wildman–Crippen MR) is 68.2 cm³/mol. The second-order valence-corrected chi connectivity index (χ2v) is 5.31. The van der Waals surface area contributed by atoms with Gasteiger partial charge in [-0.15, -0.1) is 0 Å². The number of esters is 1. The minimum Gasteiger partial charge on any atom is -0.468 e. The van der Waals surface area contributed by atoms with Crippen LogP contribution in [0.15, 0.2) is 0 Å². The van der Waals surface area contributed by atoms with Gasteiger partial charge in [0.2, 0.25) is 0 Å². The molecule has 1 rings (SSSR count). The highest BCUT2D eigenvalue weighted by atomic mass is 16.5. The van der Waals surface area contributed by atoms with Gasteiger partial charge in [-0.1, -0.05) is 0 Å². The fourth-order valence-electron chi connectivity index (χ4n) is 2.19. The average Bonchev–Trinajstić information content (AvgIpc) is 2.36. The first-order valence-corrected chi connectivity index (χ1v) is 6.52. The molecule has 0 spiro atoms. The van der Waals surface area contributed by atoms with Crippen LogP contribution < -0.4 is 5.73 Å². The van der Waals surface area contributed by atoms with E-state index in [0.717, 1.165) is 26.1 Å². The molecule has 18 heavy (non-hydrogen) atoms. The Hall–Kier alpha value is -0.650. The molecule has 0 saturated carbocycles. The van der Waals surface area contributed by atoms with Crippen LogP contribution in [0.25, 0.3) is 0 Å².